The van der Waals surface area contributed by atoms with E-state index in [1.807, 2.05) is 0 Å². The first-order valence-electron chi connectivity index (χ1n) is 7.13. The first kappa shape index (κ1) is 12.2. The summed E-state index contributed by atoms with van der Waals surface area (Å²) in [5, 5.41) is 9.51. The first-order valence-corrected chi connectivity index (χ1v) is 7.13. The van der Waals surface area contributed by atoms with Gasteiger partial charge in [0.25, 0.3) is 0 Å². The summed E-state index contributed by atoms with van der Waals surface area (Å²) in [6.07, 6.45) is 4.48. The molecule has 2 aliphatic carbocycles. The number of fused-ring (bicyclic) bond motifs is 1. The summed E-state index contributed by atoms with van der Waals surface area (Å²) >= 11 is 0. The average molecular weight is 251 g/mol. The van der Waals surface area contributed by atoms with E-state index in [1.54, 1.807) is 4.90 Å². The van der Waals surface area contributed by atoms with Crippen molar-refractivity contribution in [1.82, 2.24) is 4.90 Å². The summed E-state index contributed by atoms with van der Waals surface area (Å²) in [6.45, 7) is 2.13. The second-order valence-corrected chi connectivity index (χ2v) is 6.30. The van der Waals surface area contributed by atoms with Crippen LogP contribution in [0, 0.1) is 17.8 Å². The number of carbonyl (C=O) groups is 2. The lowest BCUT2D eigenvalue weighted by atomic mass is 9.92. The van der Waals surface area contributed by atoms with Crippen molar-refractivity contribution >= 4 is 11.8 Å². The third-order valence-electron chi connectivity index (χ3n) is 4.94. The molecule has 1 saturated heterocycles. The molecule has 2 unspecified atom stereocenters. The Hall–Kier alpha value is -0.900. The van der Waals surface area contributed by atoms with Crippen LogP contribution in [0.15, 0.2) is 0 Å². The monoisotopic (exact) mass is 251 g/mol. The number of rotatable bonds is 1. The van der Waals surface area contributed by atoms with Crippen LogP contribution in [0.3, 0.4) is 0 Å². The molecule has 0 bridgehead atoms. The highest BCUT2D eigenvalue weighted by atomic mass is 16.3. The van der Waals surface area contributed by atoms with Crippen LogP contribution in [0.5, 0.6) is 0 Å². The van der Waals surface area contributed by atoms with Gasteiger partial charge in [0.05, 0.1) is 17.9 Å². The van der Waals surface area contributed by atoms with Crippen LogP contribution in [0.2, 0.25) is 0 Å². The fraction of sp³-hybridized carbons (Fsp3) is 0.857. The number of nitrogens with zero attached hydrogens (tertiary/aromatic N) is 1. The van der Waals surface area contributed by atoms with E-state index >= 15 is 0 Å². The number of hydrogen-bond acceptors (Lipinski definition) is 3. The van der Waals surface area contributed by atoms with Gasteiger partial charge in [-0.25, -0.2) is 0 Å². The van der Waals surface area contributed by atoms with Gasteiger partial charge in [0.1, 0.15) is 0 Å². The molecule has 1 heterocycles. The van der Waals surface area contributed by atoms with Gasteiger partial charge in [-0.3, -0.25) is 14.5 Å². The topological polar surface area (TPSA) is 57.6 Å². The van der Waals surface area contributed by atoms with Crippen molar-refractivity contribution in [2.24, 2.45) is 17.8 Å². The quantitative estimate of drug-likeness (QED) is 0.715. The number of aliphatic hydroxyl groups is 1. The molecule has 0 aromatic carbocycles. The third kappa shape index (κ3) is 1.78. The van der Waals surface area contributed by atoms with E-state index in [0.717, 1.165) is 25.7 Å². The second kappa shape index (κ2) is 4.34. The predicted octanol–water partition coefficient (Wildman–Crippen LogP) is 1.32. The molecule has 1 N–H and O–H groups in total. The van der Waals surface area contributed by atoms with E-state index in [2.05, 4.69) is 6.92 Å². The van der Waals surface area contributed by atoms with E-state index in [-0.39, 0.29) is 35.8 Å². The molecule has 0 spiro atoms. The molecule has 1 aliphatic heterocycles. The molecule has 2 saturated carbocycles. The summed E-state index contributed by atoms with van der Waals surface area (Å²) < 4.78 is 0. The highest BCUT2D eigenvalue weighted by Gasteiger charge is 2.53. The fourth-order valence-corrected chi connectivity index (χ4v) is 3.98. The third-order valence-corrected chi connectivity index (χ3v) is 4.94. The SMILES string of the molecule is CC1CC2C(=O)N(C3CCC(O)CC3)C(=O)C2C1. The summed E-state index contributed by atoms with van der Waals surface area (Å²) in [6, 6.07) is 0.0503. The highest BCUT2D eigenvalue weighted by molar-refractivity contribution is 6.05. The largest absolute Gasteiger partial charge is 0.393 e. The number of imide groups is 1. The zero-order chi connectivity index (χ0) is 12.9. The average Bonchev–Trinajstić information content (AvgIpc) is 2.82. The Kier molecular flexibility index (Phi) is 2.93. The summed E-state index contributed by atoms with van der Waals surface area (Å²) in [7, 11) is 0. The van der Waals surface area contributed by atoms with Gasteiger partial charge in [-0.05, 0) is 44.4 Å². The maximum absolute atomic E-state index is 12.4. The van der Waals surface area contributed by atoms with Gasteiger partial charge in [0, 0.05) is 6.04 Å². The highest BCUT2D eigenvalue weighted by Crippen LogP contribution is 2.44. The van der Waals surface area contributed by atoms with E-state index < -0.39 is 0 Å². The minimum atomic E-state index is -0.242. The Balaban J connectivity index is 1.75. The lowest BCUT2D eigenvalue weighted by Crippen LogP contribution is -2.43. The number of carbonyl (C=O) groups excluding carboxylic acids is 2. The number of likely N-dealkylation sites (tertiary alicyclic amines) is 1. The van der Waals surface area contributed by atoms with E-state index in [4.69, 9.17) is 0 Å². The fourth-order valence-electron chi connectivity index (χ4n) is 3.98. The lowest BCUT2D eigenvalue weighted by molar-refractivity contribution is -0.144. The molecule has 100 valence electrons. The lowest BCUT2D eigenvalue weighted by Gasteiger charge is -2.32. The predicted molar refractivity (Wildman–Crippen MR) is 65.5 cm³/mol. The van der Waals surface area contributed by atoms with Crippen LogP contribution in [0.25, 0.3) is 0 Å². The standard InChI is InChI=1S/C14H21NO3/c1-8-6-11-12(7-8)14(18)15(13(11)17)9-2-4-10(16)5-3-9/h8-12,16H,2-7H2,1H3. The van der Waals surface area contributed by atoms with Gasteiger partial charge >= 0.3 is 0 Å². The van der Waals surface area contributed by atoms with Crippen molar-refractivity contribution in [2.75, 3.05) is 0 Å². The molecule has 3 rings (SSSR count). The van der Waals surface area contributed by atoms with E-state index in [1.165, 1.54) is 0 Å². The maximum atomic E-state index is 12.4. The Bertz CT molecular complexity index is 349. The van der Waals surface area contributed by atoms with Gasteiger partial charge in [-0.15, -0.1) is 0 Å². The molecule has 3 fully saturated rings. The molecular weight excluding hydrogens is 230 g/mol. The van der Waals surface area contributed by atoms with Crippen molar-refractivity contribution in [3.05, 3.63) is 0 Å². The summed E-state index contributed by atoms with van der Waals surface area (Å²) in [5.41, 5.74) is 0. The molecule has 0 aromatic heterocycles. The number of hydrogen-bond donors (Lipinski definition) is 1. The van der Waals surface area contributed by atoms with Gasteiger partial charge < -0.3 is 5.11 Å². The minimum absolute atomic E-state index is 0.0423. The Morgan fingerprint density at radius 2 is 1.50 bits per heavy atom. The van der Waals surface area contributed by atoms with Crippen LogP contribution >= 0.6 is 0 Å². The van der Waals surface area contributed by atoms with Crippen molar-refractivity contribution in [1.29, 1.82) is 0 Å². The minimum Gasteiger partial charge on any atom is -0.393 e. The van der Waals surface area contributed by atoms with Crippen LogP contribution < -0.4 is 0 Å². The zero-order valence-corrected chi connectivity index (χ0v) is 10.8. The first-order chi connectivity index (χ1) is 8.58. The molecule has 4 heteroatoms. The van der Waals surface area contributed by atoms with Gasteiger partial charge in [-0.1, -0.05) is 6.92 Å². The van der Waals surface area contributed by atoms with Crippen molar-refractivity contribution in [3.63, 3.8) is 0 Å². The second-order valence-electron chi connectivity index (χ2n) is 6.30. The van der Waals surface area contributed by atoms with Crippen molar-refractivity contribution in [2.45, 2.75) is 57.6 Å². The zero-order valence-electron chi connectivity index (χ0n) is 10.8. The maximum Gasteiger partial charge on any atom is 0.233 e. The van der Waals surface area contributed by atoms with Gasteiger partial charge in [-0.2, -0.15) is 0 Å². The van der Waals surface area contributed by atoms with Crippen LogP contribution in [-0.2, 0) is 9.59 Å². The molecule has 0 aromatic rings. The Labute approximate surface area is 107 Å². The van der Waals surface area contributed by atoms with Crippen molar-refractivity contribution < 1.29 is 14.7 Å². The number of aliphatic hydroxyl groups excluding tert-OH is 1. The van der Waals surface area contributed by atoms with Gasteiger partial charge in [0.15, 0.2) is 0 Å². The summed E-state index contributed by atoms with van der Waals surface area (Å²) in [4.78, 5) is 26.3. The molecule has 0 radical (unpaired) electrons. The smallest absolute Gasteiger partial charge is 0.233 e. The van der Waals surface area contributed by atoms with Gasteiger partial charge in [0.2, 0.25) is 11.8 Å². The van der Waals surface area contributed by atoms with Crippen LogP contribution in [0.1, 0.15) is 45.4 Å². The molecule has 2 amide bonds. The molecular formula is C14H21NO3. The molecule has 4 nitrogen and oxygen atoms in total. The van der Waals surface area contributed by atoms with Crippen LogP contribution in [-0.4, -0.2) is 34.0 Å². The Morgan fingerprint density at radius 3 is 2.00 bits per heavy atom. The van der Waals surface area contributed by atoms with E-state index in [0.29, 0.717) is 18.8 Å². The normalized spacial score (nSPS) is 44.6. The number of amides is 2. The summed E-state index contributed by atoms with van der Waals surface area (Å²) in [5.74, 6) is 0.549. The molecule has 2 atom stereocenters. The Morgan fingerprint density at radius 1 is 1.00 bits per heavy atom. The molecule has 3 aliphatic rings. The van der Waals surface area contributed by atoms with Crippen molar-refractivity contribution in [3.8, 4) is 0 Å². The van der Waals surface area contributed by atoms with E-state index in [9.17, 15) is 14.7 Å². The molecule has 18 heavy (non-hydrogen) atoms. The van der Waals surface area contributed by atoms with Crippen LogP contribution in [0.4, 0.5) is 0 Å².